The molecule has 2 aromatic heterocycles. The van der Waals surface area contributed by atoms with Gasteiger partial charge in [-0.25, -0.2) is 9.78 Å². The number of hydrogen-bond acceptors (Lipinski definition) is 8. The van der Waals surface area contributed by atoms with Crippen LogP contribution in [0.5, 0.6) is 0 Å². The summed E-state index contributed by atoms with van der Waals surface area (Å²) >= 11 is 0. The largest absolute Gasteiger partial charge is 0.480 e. The molecular formula is C25H33N7O7. The van der Waals surface area contributed by atoms with Crippen molar-refractivity contribution in [1.82, 2.24) is 30.9 Å². The van der Waals surface area contributed by atoms with Crippen LogP contribution >= 0.6 is 0 Å². The van der Waals surface area contributed by atoms with Crippen molar-refractivity contribution in [2.75, 3.05) is 0 Å². The Morgan fingerprint density at radius 2 is 1.59 bits per heavy atom. The first kappa shape index (κ1) is 29.3. The Morgan fingerprint density at radius 3 is 2.21 bits per heavy atom. The number of carbonyl (C=O) groups excluding carboxylic acids is 3. The number of carboxylic acid groups (broad SMARTS) is 1. The zero-order valence-corrected chi connectivity index (χ0v) is 21.4. The fourth-order valence-electron chi connectivity index (χ4n) is 4.03. The van der Waals surface area contributed by atoms with Gasteiger partial charge in [-0.3, -0.25) is 14.4 Å². The van der Waals surface area contributed by atoms with Crippen molar-refractivity contribution >= 4 is 34.6 Å². The van der Waals surface area contributed by atoms with Crippen LogP contribution in [-0.4, -0.2) is 90.3 Å². The van der Waals surface area contributed by atoms with E-state index < -0.39 is 60.1 Å². The molecule has 0 radical (unpaired) electrons. The molecule has 0 fully saturated rings. The van der Waals surface area contributed by atoms with Crippen LogP contribution < -0.4 is 21.7 Å². The van der Waals surface area contributed by atoms with E-state index in [1.807, 2.05) is 24.3 Å². The normalized spacial score (nSPS) is 15.9. The van der Waals surface area contributed by atoms with Gasteiger partial charge in [0.2, 0.25) is 17.7 Å². The summed E-state index contributed by atoms with van der Waals surface area (Å²) in [5.74, 6) is -3.97. The van der Waals surface area contributed by atoms with Gasteiger partial charge in [-0.2, -0.15) is 0 Å². The zero-order chi connectivity index (χ0) is 28.7. The van der Waals surface area contributed by atoms with Crippen LogP contribution in [-0.2, 0) is 32.0 Å². The highest BCUT2D eigenvalue weighted by Gasteiger charge is 2.34. The first-order valence-electron chi connectivity index (χ1n) is 12.3. The molecule has 0 saturated heterocycles. The van der Waals surface area contributed by atoms with Gasteiger partial charge in [-0.1, -0.05) is 18.2 Å². The number of fused-ring (bicyclic) bond motifs is 1. The molecule has 10 N–H and O–H groups in total. The maximum atomic E-state index is 13.4. The number of aliphatic hydroxyl groups excluding tert-OH is 2. The van der Waals surface area contributed by atoms with E-state index in [4.69, 9.17) is 5.73 Å². The summed E-state index contributed by atoms with van der Waals surface area (Å²) in [6.07, 6.45) is 1.92. The molecule has 14 heteroatoms. The van der Waals surface area contributed by atoms with Crippen LogP contribution in [0.4, 0.5) is 0 Å². The number of H-pyrrole nitrogens is 2. The minimum atomic E-state index is -1.67. The van der Waals surface area contributed by atoms with Crippen molar-refractivity contribution in [2.45, 2.75) is 63.1 Å². The number of nitrogens with one attached hydrogen (secondary N) is 5. The van der Waals surface area contributed by atoms with E-state index >= 15 is 0 Å². The highest BCUT2D eigenvalue weighted by atomic mass is 16.4. The molecule has 3 aromatic rings. The van der Waals surface area contributed by atoms with Gasteiger partial charge in [0.25, 0.3) is 0 Å². The summed E-state index contributed by atoms with van der Waals surface area (Å²) in [7, 11) is 0. The maximum Gasteiger partial charge on any atom is 0.328 e. The van der Waals surface area contributed by atoms with Gasteiger partial charge in [0.15, 0.2) is 6.04 Å². The molecule has 0 spiro atoms. The third kappa shape index (κ3) is 7.63. The van der Waals surface area contributed by atoms with Crippen molar-refractivity contribution in [3.63, 3.8) is 0 Å². The summed E-state index contributed by atoms with van der Waals surface area (Å²) < 4.78 is 0. The summed E-state index contributed by atoms with van der Waals surface area (Å²) in [4.78, 5) is 60.4. The van der Waals surface area contributed by atoms with Crippen LogP contribution in [0.2, 0.25) is 0 Å². The Kier molecular flexibility index (Phi) is 9.76. The molecule has 39 heavy (non-hydrogen) atoms. The standard InChI is InChI=1S/C25H33N7O7/c1-12(33)20(24(37)32-21(13(2)34)25(38)39)31-23(36)19(7-14-9-28-18-6-4-3-5-16(14)18)30-22(35)17(26)8-15-10-27-11-29-15/h3-6,9-13,17,19-21,28,33-34H,7-8,26H2,1-2H3,(H,27,29)(H,30,35)(H,31,36)(H,32,37)(H,38,39). The predicted molar refractivity (Wildman–Crippen MR) is 139 cm³/mol. The fourth-order valence-corrected chi connectivity index (χ4v) is 4.03. The second-order valence-corrected chi connectivity index (χ2v) is 9.30. The molecule has 1 aromatic carbocycles. The van der Waals surface area contributed by atoms with Crippen LogP contribution in [0.15, 0.2) is 43.0 Å². The summed E-state index contributed by atoms with van der Waals surface area (Å²) in [6, 6.07) is 1.86. The van der Waals surface area contributed by atoms with Gasteiger partial charge in [-0.15, -0.1) is 0 Å². The Morgan fingerprint density at radius 1 is 0.923 bits per heavy atom. The summed E-state index contributed by atoms with van der Waals surface area (Å²) in [5, 5.41) is 37.1. The van der Waals surface area contributed by atoms with Gasteiger partial charge < -0.3 is 47.0 Å². The van der Waals surface area contributed by atoms with E-state index in [9.17, 15) is 34.5 Å². The minimum absolute atomic E-state index is 0.0118. The smallest absolute Gasteiger partial charge is 0.328 e. The number of carbonyl (C=O) groups is 4. The van der Waals surface area contributed by atoms with E-state index in [0.29, 0.717) is 11.3 Å². The number of rotatable bonds is 13. The third-order valence-corrected chi connectivity index (χ3v) is 6.17. The van der Waals surface area contributed by atoms with Gasteiger partial charge in [0.05, 0.1) is 24.6 Å². The quantitative estimate of drug-likeness (QED) is 0.119. The summed E-state index contributed by atoms with van der Waals surface area (Å²) in [5.41, 5.74) is 8.18. The lowest BCUT2D eigenvalue weighted by Crippen LogP contribution is -2.61. The molecule has 14 nitrogen and oxygen atoms in total. The number of aliphatic hydroxyl groups is 2. The van der Waals surface area contributed by atoms with Crippen LogP contribution in [0, 0.1) is 0 Å². The number of benzene rings is 1. The maximum absolute atomic E-state index is 13.4. The zero-order valence-electron chi connectivity index (χ0n) is 21.4. The lowest BCUT2D eigenvalue weighted by molar-refractivity contribution is -0.146. The Bertz CT molecular complexity index is 1290. The van der Waals surface area contributed by atoms with Crippen molar-refractivity contribution in [1.29, 1.82) is 0 Å². The molecule has 0 saturated carbocycles. The second kappa shape index (κ2) is 13.0. The second-order valence-electron chi connectivity index (χ2n) is 9.30. The molecule has 0 aliphatic rings. The molecule has 3 amide bonds. The number of aromatic amines is 2. The number of nitrogens with two attached hydrogens (primary N) is 1. The molecule has 6 atom stereocenters. The third-order valence-electron chi connectivity index (χ3n) is 6.17. The van der Waals surface area contributed by atoms with Crippen molar-refractivity contribution in [3.8, 4) is 0 Å². The van der Waals surface area contributed by atoms with E-state index in [0.717, 1.165) is 10.9 Å². The molecule has 210 valence electrons. The number of nitrogens with zero attached hydrogens (tertiary/aromatic N) is 1. The first-order valence-corrected chi connectivity index (χ1v) is 12.3. The average molecular weight is 544 g/mol. The van der Waals surface area contributed by atoms with E-state index in [2.05, 4.69) is 30.9 Å². The topological polar surface area (TPSA) is 236 Å². The van der Waals surface area contributed by atoms with Crippen LogP contribution in [0.25, 0.3) is 10.9 Å². The van der Waals surface area contributed by atoms with E-state index in [-0.39, 0.29) is 12.8 Å². The Hall–Kier alpha value is -4.27. The van der Waals surface area contributed by atoms with Crippen LogP contribution in [0.1, 0.15) is 25.1 Å². The number of carboxylic acids is 1. The number of aliphatic carboxylic acids is 1. The molecular weight excluding hydrogens is 510 g/mol. The number of aromatic nitrogens is 3. The first-order chi connectivity index (χ1) is 18.5. The van der Waals surface area contributed by atoms with Gasteiger partial charge in [0, 0.05) is 41.8 Å². The van der Waals surface area contributed by atoms with Crippen LogP contribution in [0.3, 0.4) is 0 Å². The minimum Gasteiger partial charge on any atom is -0.480 e. The lowest BCUT2D eigenvalue weighted by atomic mass is 10.0. The monoisotopic (exact) mass is 543 g/mol. The number of hydrogen-bond donors (Lipinski definition) is 9. The highest BCUT2D eigenvalue weighted by Crippen LogP contribution is 2.19. The predicted octanol–water partition coefficient (Wildman–Crippen LogP) is -1.70. The molecule has 2 heterocycles. The Balaban J connectivity index is 1.82. The van der Waals surface area contributed by atoms with Gasteiger partial charge >= 0.3 is 5.97 Å². The molecule has 0 bridgehead atoms. The highest BCUT2D eigenvalue weighted by molar-refractivity contribution is 5.95. The molecule has 6 unspecified atom stereocenters. The van der Waals surface area contributed by atoms with Crippen molar-refractivity contribution in [2.24, 2.45) is 5.73 Å². The molecule has 0 aliphatic heterocycles. The number of imidazole rings is 1. The lowest BCUT2D eigenvalue weighted by Gasteiger charge is -2.27. The fraction of sp³-hybridized carbons (Fsp3) is 0.400. The van der Waals surface area contributed by atoms with Gasteiger partial charge in [-0.05, 0) is 25.5 Å². The number of amides is 3. The SMILES string of the molecule is CC(O)C(NC(=O)C(NC(=O)C(Cc1c[nH]c2ccccc12)NC(=O)C(N)Cc1cnc[nH]1)C(C)O)C(=O)O. The molecule has 3 rings (SSSR count). The van der Waals surface area contributed by atoms with E-state index in [1.54, 1.807) is 6.20 Å². The van der Waals surface area contributed by atoms with Gasteiger partial charge in [0.1, 0.15) is 12.1 Å². The van der Waals surface area contributed by atoms with Crippen molar-refractivity contribution < 1.29 is 34.5 Å². The van der Waals surface area contributed by atoms with Crippen molar-refractivity contribution in [3.05, 3.63) is 54.2 Å². The summed E-state index contributed by atoms with van der Waals surface area (Å²) in [6.45, 7) is 2.41. The Labute approximate surface area is 223 Å². The average Bonchev–Trinajstić information content (AvgIpc) is 3.54. The molecule has 0 aliphatic carbocycles. The van der Waals surface area contributed by atoms with E-state index in [1.165, 1.54) is 26.4 Å². The number of para-hydroxylation sites is 1.